The molecule has 4 heteroatoms. The molecule has 0 spiro atoms. The summed E-state index contributed by atoms with van der Waals surface area (Å²) < 4.78 is 25.8. The van der Waals surface area contributed by atoms with Gasteiger partial charge in [-0.2, -0.15) is 0 Å². The number of hydrogen-bond acceptors (Lipinski definition) is 2. The van der Waals surface area contributed by atoms with E-state index in [9.17, 15) is 8.78 Å². The predicted molar refractivity (Wildman–Crippen MR) is 44.7 cm³/mol. The summed E-state index contributed by atoms with van der Waals surface area (Å²) in [5.74, 6) is -3.14. The van der Waals surface area contributed by atoms with Crippen molar-refractivity contribution in [1.29, 1.82) is 0 Å². The van der Waals surface area contributed by atoms with Gasteiger partial charge in [0, 0.05) is 6.92 Å². The molecular weight excluding hydrogens is 178 g/mol. The molecule has 0 aromatic rings. The van der Waals surface area contributed by atoms with E-state index in [1.807, 2.05) is 0 Å². The molecule has 1 aliphatic rings. The molecule has 0 saturated heterocycles. The molecule has 0 aliphatic heterocycles. The van der Waals surface area contributed by atoms with E-state index < -0.39 is 12.0 Å². The maximum atomic E-state index is 12.9. The van der Waals surface area contributed by atoms with Gasteiger partial charge in [-0.25, -0.2) is 13.7 Å². The first kappa shape index (κ1) is 10.9. The van der Waals surface area contributed by atoms with Crippen molar-refractivity contribution in [1.82, 2.24) is 0 Å². The topological polar surface area (TPSA) is 29.5 Å². The van der Waals surface area contributed by atoms with Gasteiger partial charge in [0.25, 0.3) is 5.92 Å². The fraction of sp³-hybridized carbons (Fsp3) is 1.00. The molecular formula is C9H16F2O2. The quantitative estimate of drug-likeness (QED) is 0.552. The van der Waals surface area contributed by atoms with Gasteiger partial charge in [0.2, 0.25) is 0 Å². The molecule has 1 aliphatic carbocycles. The number of alkyl halides is 2. The van der Waals surface area contributed by atoms with Gasteiger partial charge in [0.1, 0.15) is 0 Å². The molecule has 0 heterocycles. The summed E-state index contributed by atoms with van der Waals surface area (Å²) in [6.45, 7) is 0.794. The summed E-state index contributed by atoms with van der Waals surface area (Å²) in [7, 11) is 0. The van der Waals surface area contributed by atoms with Gasteiger partial charge < -0.3 is 0 Å². The van der Waals surface area contributed by atoms with Gasteiger partial charge in [-0.3, -0.25) is 5.26 Å². The lowest BCUT2D eigenvalue weighted by Crippen LogP contribution is -2.39. The highest BCUT2D eigenvalue weighted by atomic mass is 19.3. The fourth-order valence-electron chi connectivity index (χ4n) is 2.03. The zero-order valence-electron chi connectivity index (χ0n) is 7.80. The molecule has 0 radical (unpaired) electrons. The summed E-state index contributed by atoms with van der Waals surface area (Å²) in [5, 5.41) is 8.43. The maximum absolute atomic E-state index is 12.9. The first-order valence-electron chi connectivity index (χ1n) is 4.73. The lowest BCUT2D eigenvalue weighted by Gasteiger charge is -2.31. The molecule has 1 fully saturated rings. The Morgan fingerprint density at radius 2 is 1.85 bits per heavy atom. The summed E-state index contributed by atoms with van der Waals surface area (Å²) >= 11 is 0. The third-order valence-electron chi connectivity index (χ3n) is 2.69. The molecule has 0 amide bonds. The number of rotatable bonds is 3. The van der Waals surface area contributed by atoms with E-state index in [-0.39, 0.29) is 5.92 Å². The summed E-state index contributed by atoms with van der Waals surface area (Å²) in [5.41, 5.74) is 0. The Bertz CT molecular complexity index is 150. The van der Waals surface area contributed by atoms with Crippen molar-refractivity contribution in [3.63, 3.8) is 0 Å². The lowest BCUT2D eigenvalue weighted by molar-refractivity contribution is -0.334. The van der Waals surface area contributed by atoms with Crippen LogP contribution < -0.4 is 0 Å². The van der Waals surface area contributed by atoms with Crippen LogP contribution in [0.15, 0.2) is 0 Å². The Labute approximate surface area is 76.8 Å². The van der Waals surface area contributed by atoms with Crippen LogP contribution in [0, 0.1) is 5.92 Å². The highest BCUT2D eigenvalue weighted by molar-refractivity contribution is 4.81. The van der Waals surface area contributed by atoms with Gasteiger partial charge in [-0.1, -0.05) is 19.3 Å². The molecule has 1 rings (SSSR count). The molecule has 1 N–H and O–H groups in total. The molecule has 13 heavy (non-hydrogen) atoms. The van der Waals surface area contributed by atoms with Gasteiger partial charge in [0.15, 0.2) is 6.10 Å². The summed E-state index contributed by atoms with van der Waals surface area (Å²) in [6, 6.07) is 0. The van der Waals surface area contributed by atoms with Gasteiger partial charge >= 0.3 is 0 Å². The van der Waals surface area contributed by atoms with Gasteiger partial charge in [-0.15, -0.1) is 0 Å². The minimum Gasteiger partial charge on any atom is -0.251 e. The van der Waals surface area contributed by atoms with Crippen molar-refractivity contribution in [3.05, 3.63) is 0 Å². The second-order valence-electron chi connectivity index (χ2n) is 3.88. The molecule has 1 saturated carbocycles. The SMILES string of the molecule is CC(F)(F)C(OO)C1CCCCC1. The molecule has 1 unspecified atom stereocenters. The Morgan fingerprint density at radius 1 is 1.31 bits per heavy atom. The van der Waals surface area contributed by atoms with Crippen molar-refractivity contribution >= 4 is 0 Å². The molecule has 0 aromatic heterocycles. The van der Waals surface area contributed by atoms with E-state index >= 15 is 0 Å². The van der Waals surface area contributed by atoms with Crippen molar-refractivity contribution in [3.8, 4) is 0 Å². The zero-order chi connectivity index (χ0) is 9.90. The van der Waals surface area contributed by atoms with E-state index in [1.54, 1.807) is 0 Å². The highest BCUT2D eigenvalue weighted by Crippen LogP contribution is 2.34. The summed E-state index contributed by atoms with van der Waals surface area (Å²) in [4.78, 5) is 3.90. The molecule has 2 nitrogen and oxygen atoms in total. The van der Waals surface area contributed by atoms with Gasteiger partial charge in [-0.05, 0) is 18.8 Å². The predicted octanol–water partition coefficient (Wildman–Crippen LogP) is 3.08. The number of halogens is 2. The first-order chi connectivity index (χ1) is 6.05. The zero-order valence-corrected chi connectivity index (χ0v) is 7.80. The Morgan fingerprint density at radius 3 is 2.23 bits per heavy atom. The van der Waals surface area contributed by atoms with Crippen LogP contribution in [0.4, 0.5) is 8.78 Å². The van der Waals surface area contributed by atoms with E-state index in [0.29, 0.717) is 0 Å². The minimum absolute atomic E-state index is 0.196. The Balaban J connectivity index is 2.54. The van der Waals surface area contributed by atoms with Crippen molar-refractivity contribution in [2.24, 2.45) is 5.92 Å². The van der Waals surface area contributed by atoms with E-state index in [0.717, 1.165) is 39.0 Å². The standard InChI is InChI=1S/C9H16F2O2/c1-9(10,11)8(13-12)7-5-3-2-4-6-7/h7-8,12H,2-6H2,1H3. The maximum Gasteiger partial charge on any atom is 0.274 e. The largest absolute Gasteiger partial charge is 0.274 e. The minimum atomic E-state index is -2.95. The van der Waals surface area contributed by atoms with Crippen LogP contribution in [-0.2, 0) is 4.89 Å². The number of hydrogen-bond donors (Lipinski definition) is 1. The van der Waals surface area contributed by atoms with Crippen molar-refractivity contribution < 1.29 is 18.9 Å². The van der Waals surface area contributed by atoms with Crippen molar-refractivity contribution in [2.75, 3.05) is 0 Å². The van der Waals surface area contributed by atoms with Crippen LogP contribution in [0.2, 0.25) is 0 Å². The van der Waals surface area contributed by atoms with Crippen molar-refractivity contribution in [2.45, 2.75) is 51.1 Å². The third kappa shape index (κ3) is 2.88. The monoisotopic (exact) mass is 194 g/mol. The molecule has 0 aromatic carbocycles. The lowest BCUT2D eigenvalue weighted by atomic mass is 9.83. The smallest absolute Gasteiger partial charge is 0.251 e. The average Bonchev–Trinajstić information content (AvgIpc) is 2.05. The Kier molecular flexibility index (Phi) is 3.62. The average molecular weight is 194 g/mol. The third-order valence-corrected chi connectivity index (χ3v) is 2.69. The second-order valence-corrected chi connectivity index (χ2v) is 3.88. The molecule has 78 valence electrons. The fourth-order valence-corrected chi connectivity index (χ4v) is 2.03. The molecule has 0 bridgehead atoms. The van der Waals surface area contributed by atoms with E-state index in [4.69, 9.17) is 5.26 Å². The Hall–Kier alpha value is -0.220. The van der Waals surface area contributed by atoms with E-state index in [2.05, 4.69) is 4.89 Å². The van der Waals surface area contributed by atoms with Crippen LogP contribution in [0.3, 0.4) is 0 Å². The first-order valence-corrected chi connectivity index (χ1v) is 4.73. The highest BCUT2D eigenvalue weighted by Gasteiger charge is 2.41. The normalized spacial score (nSPS) is 23.1. The van der Waals surface area contributed by atoms with Crippen LogP contribution in [-0.4, -0.2) is 17.3 Å². The molecule has 1 atom stereocenters. The van der Waals surface area contributed by atoms with E-state index in [1.165, 1.54) is 0 Å². The van der Waals surface area contributed by atoms with Crippen LogP contribution in [0.25, 0.3) is 0 Å². The second kappa shape index (κ2) is 4.33. The van der Waals surface area contributed by atoms with Gasteiger partial charge in [0.05, 0.1) is 0 Å². The van der Waals surface area contributed by atoms with Crippen LogP contribution in [0.1, 0.15) is 39.0 Å². The summed E-state index contributed by atoms with van der Waals surface area (Å²) in [6.07, 6.45) is 3.15. The van der Waals surface area contributed by atoms with Crippen LogP contribution in [0.5, 0.6) is 0 Å². The van der Waals surface area contributed by atoms with Crippen LogP contribution >= 0.6 is 0 Å².